The average Bonchev–Trinajstić information content (AvgIpc) is 2.05. The molecule has 1 radical (unpaired) electrons. The van der Waals surface area contributed by atoms with Crippen LogP contribution >= 0.6 is 0 Å². The number of pyridine rings is 2. The molecule has 10 heavy (non-hydrogen) atoms. The van der Waals surface area contributed by atoms with Crippen molar-refractivity contribution in [1.29, 1.82) is 0 Å². The van der Waals surface area contributed by atoms with Gasteiger partial charge in [0.15, 0.2) is 0 Å². The largest absolute Gasteiger partial charge is 0.264 e. The van der Waals surface area contributed by atoms with E-state index < -0.39 is 0 Å². The highest BCUT2D eigenvalue weighted by Gasteiger charge is 1.87. The van der Waals surface area contributed by atoms with Gasteiger partial charge in [0.1, 0.15) is 0 Å². The molecule has 0 amide bonds. The predicted molar refractivity (Wildman–Crippen MR) is 38.4 cm³/mol. The van der Waals surface area contributed by atoms with Crippen molar-refractivity contribution < 1.29 is 0 Å². The minimum Gasteiger partial charge on any atom is -0.264 e. The summed E-state index contributed by atoms with van der Waals surface area (Å²) in [6, 6.07) is 6.63. The molecule has 0 atom stereocenters. The summed E-state index contributed by atoms with van der Waals surface area (Å²) in [5.41, 5.74) is 0.966. The van der Waals surface area contributed by atoms with Gasteiger partial charge in [0.25, 0.3) is 0 Å². The average molecular weight is 129 g/mol. The van der Waals surface area contributed by atoms with E-state index in [2.05, 4.69) is 16.0 Å². The lowest BCUT2D eigenvalue weighted by atomic mass is 10.3. The van der Waals surface area contributed by atoms with E-state index in [9.17, 15) is 0 Å². The standard InChI is InChI=1S/C8H5N2/c1-2-7-6-9-5-3-8(7)10-4-1/h2-6H. The van der Waals surface area contributed by atoms with Gasteiger partial charge in [-0.3, -0.25) is 9.97 Å². The van der Waals surface area contributed by atoms with Crippen molar-refractivity contribution in [3.8, 4) is 0 Å². The van der Waals surface area contributed by atoms with Crippen molar-refractivity contribution in [1.82, 2.24) is 9.97 Å². The second-order valence-electron chi connectivity index (χ2n) is 2.00. The number of hydrogen-bond acceptors (Lipinski definition) is 2. The van der Waals surface area contributed by atoms with Crippen LogP contribution in [0.3, 0.4) is 0 Å². The molecule has 0 N–H and O–H groups in total. The van der Waals surface area contributed by atoms with Crippen molar-refractivity contribution in [2.45, 2.75) is 0 Å². The molecule has 47 valence electrons. The minimum atomic E-state index is 0.966. The summed E-state index contributed by atoms with van der Waals surface area (Å²) in [7, 11) is 0. The number of hydrogen-bond donors (Lipinski definition) is 0. The Bertz CT molecular complexity index is 278. The summed E-state index contributed by atoms with van der Waals surface area (Å²) in [4.78, 5) is 8.04. The van der Waals surface area contributed by atoms with Crippen molar-refractivity contribution in [2.24, 2.45) is 0 Å². The van der Waals surface area contributed by atoms with Crippen LogP contribution in [0.5, 0.6) is 0 Å². The van der Waals surface area contributed by atoms with Crippen LogP contribution in [0.1, 0.15) is 0 Å². The summed E-state index contributed by atoms with van der Waals surface area (Å²) in [6.07, 6.45) is 5.16. The molecule has 0 bridgehead atoms. The lowest BCUT2D eigenvalue weighted by Gasteiger charge is -1.90. The fraction of sp³-hybridized carbons (Fsp3) is 0. The van der Waals surface area contributed by atoms with E-state index in [0.717, 1.165) is 10.9 Å². The predicted octanol–water partition coefficient (Wildman–Crippen LogP) is 1.43. The maximum Gasteiger partial charge on any atom is 0.0733 e. The molecule has 0 aliphatic carbocycles. The molecule has 2 heteroatoms. The van der Waals surface area contributed by atoms with E-state index in [1.54, 1.807) is 18.6 Å². The zero-order valence-electron chi connectivity index (χ0n) is 5.28. The highest BCUT2D eigenvalue weighted by Crippen LogP contribution is 2.05. The van der Waals surface area contributed by atoms with Crippen molar-refractivity contribution in [3.63, 3.8) is 0 Å². The maximum absolute atomic E-state index is 4.09. The van der Waals surface area contributed by atoms with Crippen LogP contribution in [0.15, 0.2) is 30.7 Å². The molecular formula is C8H5N2. The van der Waals surface area contributed by atoms with E-state index in [1.807, 2.05) is 12.1 Å². The second-order valence-corrected chi connectivity index (χ2v) is 2.00. The third-order valence-electron chi connectivity index (χ3n) is 1.34. The number of aromatic nitrogens is 2. The second kappa shape index (κ2) is 2.06. The molecule has 0 unspecified atom stereocenters. The van der Waals surface area contributed by atoms with E-state index >= 15 is 0 Å². The first-order valence-corrected chi connectivity index (χ1v) is 3.02. The van der Waals surface area contributed by atoms with Crippen LogP contribution in [0.25, 0.3) is 10.9 Å². The lowest BCUT2D eigenvalue weighted by molar-refractivity contribution is 1.32. The topological polar surface area (TPSA) is 25.8 Å². The summed E-state index contributed by atoms with van der Waals surface area (Å²) in [5.74, 6) is 0. The monoisotopic (exact) mass is 129 g/mol. The Kier molecular flexibility index (Phi) is 1.10. The molecule has 2 rings (SSSR count). The Hall–Kier alpha value is -1.44. The Balaban J connectivity index is 2.89. The minimum absolute atomic E-state index is 0.966. The van der Waals surface area contributed by atoms with Gasteiger partial charge in [-0.25, -0.2) is 0 Å². The van der Waals surface area contributed by atoms with Crippen LogP contribution in [-0.2, 0) is 0 Å². The Morgan fingerprint density at radius 2 is 2.40 bits per heavy atom. The first-order valence-electron chi connectivity index (χ1n) is 3.02. The molecule has 0 spiro atoms. The van der Waals surface area contributed by atoms with Gasteiger partial charge >= 0.3 is 0 Å². The molecule has 2 nitrogen and oxygen atoms in total. The van der Waals surface area contributed by atoms with Gasteiger partial charge in [-0.2, -0.15) is 0 Å². The summed E-state index contributed by atoms with van der Waals surface area (Å²) in [6.45, 7) is 0. The Morgan fingerprint density at radius 1 is 1.40 bits per heavy atom. The Morgan fingerprint density at radius 3 is 3.30 bits per heavy atom. The van der Waals surface area contributed by atoms with Crippen LogP contribution in [0, 0.1) is 6.07 Å². The molecule has 0 aromatic carbocycles. The van der Waals surface area contributed by atoms with Gasteiger partial charge in [-0.15, -0.1) is 0 Å². The molecule has 0 saturated carbocycles. The molecule has 2 heterocycles. The van der Waals surface area contributed by atoms with Crippen LogP contribution in [0.4, 0.5) is 0 Å². The zero-order valence-corrected chi connectivity index (χ0v) is 5.28. The summed E-state index contributed by atoms with van der Waals surface area (Å²) in [5, 5.41) is 1.03. The highest BCUT2D eigenvalue weighted by molar-refractivity contribution is 5.76. The third-order valence-corrected chi connectivity index (χ3v) is 1.34. The van der Waals surface area contributed by atoms with E-state index in [0.29, 0.717) is 0 Å². The van der Waals surface area contributed by atoms with Gasteiger partial charge in [0, 0.05) is 30.0 Å². The zero-order chi connectivity index (χ0) is 6.81. The van der Waals surface area contributed by atoms with E-state index in [4.69, 9.17) is 0 Å². The maximum atomic E-state index is 4.09. The van der Waals surface area contributed by atoms with Crippen molar-refractivity contribution in [3.05, 3.63) is 36.8 Å². The molecule has 0 aliphatic rings. The van der Waals surface area contributed by atoms with Gasteiger partial charge in [0.05, 0.1) is 5.52 Å². The molecule has 2 aromatic heterocycles. The quantitative estimate of drug-likeness (QED) is 0.537. The molecule has 0 aliphatic heterocycles. The summed E-state index contributed by atoms with van der Waals surface area (Å²) < 4.78 is 0. The smallest absolute Gasteiger partial charge is 0.0733 e. The van der Waals surface area contributed by atoms with Crippen LogP contribution in [-0.4, -0.2) is 9.97 Å². The lowest BCUT2D eigenvalue weighted by Crippen LogP contribution is -1.76. The first kappa shape index (κ1) is 5.35. The van der Waals surface area contributed by atoms with E-state index in [-0.39, 0.29) is 0 Å². The van der Waals surface area contributed by atoms with Gasteiger partial charge < -0.3 is 0 Å². The molecular weight excluding hydrogens is 124 g/mol. The molecule has 0 saturated heterocycles. The molecule has 0 fully saturated rings. The first-order chi connectivity index (χ1) is 4.97. The summed E-state index contributed by atoms with van der Waals surface area (Å²) >= 11 is 0. The van der Waals surface area contributed by atoms with Crippen molar-refractivity contribution in [2.75, 3.05) is 0 Å². The SMILES string of the molecule is [c]1cnc2ccncc2c1. The van der Waals surface area contributed by atoms with Gasteiger partial charge in [0.2, 0.25) is 0 Å². The van der Waals surface area contributed by atoms with Crippen LogP contribution < -0.4 is 0 Å². The fourth-order valence-electron chi connectivity index (χ4n) is 0.862. The van der Waals surface area contributed by atoms with Gasteiger partial charge in [-0.1, -0.05) is 0 Å². The normalized spacial score (nSPS) is 10.0. The number of rotatable bonds is 0. The molecule has 2 aromatic rings. The van der Waals surface area contributed by atoms with Crippen LogP contribution in [0.2, 0.25) is 0 Å². The third kappa shape index (κ3) is 0.739. The number of nitrogens with zero attached hydrogens (tertiary/aromatic N) is 2. The number of fused-ring (bicyclic) bond motifs is 1. The van der Waals surface area contributed by atoms with Gasteiger partial charge in [-0.05, 0) is 12.1 Å². The van der Waals surface area contributed by atoms with Crippen molar-refractivity contribution >= 4 is 10.9 Å². The highest BCUT2D eigenvalue weighted by atomic mass is 14.7. The fourth-order valence-corrected chi connectivity index (χ4v) is 0.862. The van der Waals surface area contributed by atoms with E-state index in [1.165, 1.54) is 0 Å². The Labute approximate surface area is 58.6 Å².